The van der Waals surface area contributed by atoms with Gasteiger partial charge in [-0.2, -0.15) is 0 Å². The molecule has 1 aromatic carbocycles. The number of nitro benzene ring substituents is 1. The highest BCUT2D eigenvalue weighted by atomic mass is 16.7. The lowest BCUT2D eigenvalue weighted by atomic mass is 10.1. The highest BCUT2D eigenvalue weighted by Crippen LogP contribution is 2.43. The molecule has 1 fully saturated rings. The van der Waals surface area contributed by atoms with Gasteiger partial charge in [-0.25, -0.2) is 0 Å². The molecule has 0 aliphatic carbocycles. The number of nitro groups is 1. The summed E-state index contributed by atoms with van der Waals surface area (Å²) in [6.07, 6.45) is -0.796. The molecular formula is C11H13NO6. The van der Waals surface area contributed by atoms with Crippen molar-refractivity contribution in [2.24, 2.45) is 0 Å². The second-order valence-corrected chi connectivity index (χ2v) is 3.56. The van der Waals surface area contributed by atoms with Crippen LogP contribution in [-0.2, 0) is 9.47 Å². The van der Waals surface area contributed by atoms with Crippen LogP contribution in [0.3, 0.4) is 0 Å². The van der Waals surface area contributed by atoms with E-state index in [1.165, 1.54) is 26.4 Å². The molecule has 1 heterocycles. The van der Waals surface area contributed by atoms with Gasteiger partial charge in [-0.3, -0.25) is 10.1 Å². The monoisotopic (exact) mass is 255 g/mol. The van der Waals surface area contributed by atoms with E-state index in [0.717, 1.165) is 0 Å². The fourth-order valence-corrected chi connectivity index (χ4v) is 1.85. The smallest absolute Gasteiger partial charge is 0.281 e. The second kappa shape index (κ2) is 5.19. The largest absolute Gasteiger partial charge is 0.493 e. The Morgan fingerprint density at radius 1 is 1.28 bits per heavy atom. The van der Waals surface area contributed by atoms with Crippen molar-refractivity contribution in [3.05, 3.63) is 27.8 Å². The fraction of sp³-hybridized carbons (Fsp3) is 0.455. The van der Waals surface area contributed by atoms with Gasteiger partial charge in [-0.05, 0) is 6.07 Å². The molecular weight excluding hydrogens is 242 g/mol. The quantitative estimate of drug-likeness (QED) is 0.601. The summed E-state index contributed by atoms with van der Waals surface area (Å²) in [6.45, 7) is 0.782. The minimum absolute atomic E-state index is 0.112. The minimum Gasteiger partial charge on any atom is -0.493 e. The third-order valence-electron chi connectivity index (χ3n) is 2.62. The maximum atomic E-state index is 11.0. The standard InChI is InChI=1S/C11H13NO6/c1-15-8-4-3-7(12(13)14)9(10(8)16-2)11-17-5-6-18-11/h3-4,11H,5-6H2,1-2H3. The molecule has 7 heteroatoms. The zero-order chi connectivity index (χ0) is 13.1. The van der Waals surface area contributed by atoms with Crippen LogP contribution in [0.15, 0.2) is 12.1 Å². The first kappa shape index (κ1) is 12.6. The normalized spacial score (nSPS) is 15.7. The van der Waals surface area contributed by atoms with Crippen LogP contribution in [-0.4, -0.2) is 32.4 Å². The van der Waals surface area contributed by atoms with Crippen molar-refractivity contribution in [2.75, 3.05) is 27.4 Å². The number of hydrogen-bond acceptors (Lipinski definition) is 6. The van der Waals surface area contributed by atoms with Crippen molar-refractivity contribution < 1.29 is 23.9 Å². The average Bonchev–Trinajstić information content (AvgIpc) is 2.90. The van der Waals surface area contributed by atoms with Crippen LogP contribution in [0.5, 0.6) is 11.5 Å². The van der Waals surface area contributed by atoms with Crippen LogP contribution >= 0.6 is 0 Å². The van der Waals surface area contributed by atoms with Gasteiger partial charge in [0.05, 0.1) is 32.4 Å². The van der Waals surface area contributed by atoms with Gasteiger partial charge in [0.15, 0.2) is 17.8 Å². The molecule has 0 bridgehead atoms. The van der Waals surface area contributed by atoms with E-state index in [1.807, 2.05) is 0 Å². The van der Waals surface area contributed by atoms with Crippen molar-refractivity contribution in [1.29, 1.82) is 0 Å². The highest BCUT2D eigenvalue weighted by molar-refractivity contribution is 5.58. The van der Waals surface area contributed by atoms with E-state index in [0.29, 0.717) is 19.0 Å². The predicted octanol–water partition coefficient (Wildman–Crippen LogP) is 1.66. The Morgan fingerprint density at radius 2 is 1.94 bits per heavy atom. The Morgan fingerprint density at radius 3 is 2.44 bits per heavy atom. The Hall–Kier alpha value is -1.86. The van der Waals surface area contributed by atoms with E-state index in [4.69, 9.17) is 18.9 Å². The Labute approximate surface area is 103 Å². The summed E-state index contributed by atoms with van der Waals surface area (Å²) in [5.41, 5.74) is 0.138. The van der Waals surface area contributed by atoms with Crippen molar-refractivity contribution in [3.8, 4) is 11.5 Å². The molecule has 18 heavy (non-hydrogen) atoms. The number of nitrogens with zero attached hydrogens (tertiary/aromatic N) is 1. The summed E-state index contributed by atoms with van der Waals surface area (Å²) in [7, 11) is 2.88. The van der Waals surface area contributed by atoms with Gasteiger partial charge >= 0.3 is 0 Å². The van der Waals surface area contributed by atoms with Crippen LogP contribution < -0.4 is 9.47 Å². The summed E-state index contributed by atoms with van der Waals surface area (Å²) in [5, 5.41) is 11.0. The molecule has 98 valence electrons. The molecule has 7 nitrogen and oxygen atoms in total. The Bertz CT molecular complexity index is 455. The molecule has 0 amide bonds. The average molecular weight is 255 g/mol. The lowest BCUT2D eigenvalue weighted by Gasteiger charge is -2.16. The minimum atomic E-state index is -0.796. The SMILES string of the molecule is COc1ccc([N+](=O)[O-])c(C2OCCO2)c1OC. The summed E-state index contributed by atoms with van der Waals surface area (Å²) >= 11 is 0. The van der Waals surface area contributed by atoms with Gasteiger partial charge < -0.3 is 18.9 Å². The molecule has 1 aliphatic heterocycles. The maximum Gasteiger partial charge on any atom is 0.281 e. The summed E-state index contributed by atoms with van der Waals surface area (Å²) in [5.74, 6) is 0.663. The van der Waals surface area contributed by atoms with Crippen molar-refractivity contribution in [2.45, 2.75) is 6.29 Å². The first-order chi connectivity index (χ1) is 8.69. The molecule has 0 unspecified atom stereocenters. The number of rotatable bonds is 4. The molecule has 2 rings (SSSR count). The van der Waals surface area contributed by atoms with Crippen LogP contribution in [0.25, 0.3) is 0 Å². The molecule has 1 aromatic rings. The zero-order valence-corrected chi connectivity index (χ0v) is 10.0. The summed E-state index contributed by atoms with van der Waals surface area (Å²) in [4.78, 5) is 10.5. The summed E-state index contributed by atoms with van der Waals surface area (Å²) < 4.78 is 20.9. The molecule has 1 saturated heterocycles. The topological polar surface area (TPSA) is 80.1 Å². The van der Waals surface area contributed by atoms with E-state index < -0.39 is 11.2 Å². The molecule has 1 aliphatic rings. The zero-order valence-electron chi connectivity index (χ0n) is 10.0. The molecule has 0 aromatic heterocycles. The maximum absolute atomic E-state index is 11.0. The van der Waals surface area contributed by atoms with Crippen LogP contribution in [0.2, 0.25) is 0 Å². The van der Waals surface area contributed by atoms with E-state index in [-0.39, 0.29) is 17.0 Å². The van der Waals surface area contributed by atoms with Crippen LogP contribution in [0, 0.1) is 10.1 Å². The lowest BCUT2D eigenvalue weighted by molar-refractivity contribution is -0.386. The number of hydrogen-bond donors (Lipinski definition) is 0. The van der Waals surface area contributed by atoms with Crippen molar-refractivity contribution in [1.82, 2.24) is 0 Å². The highest BCUT2D eigenvalue weighted by Gasteiger charge is 2.32. The van der Waals surface area contributed by atoms with E-state index in [2.05, 4.69) is 0 Å². The van der Waals surface area contributed by atoms with Gasteiger partial charge in [0.1, 0.15) is 5.56 Å². The molecule has 0 atom stereocenters. The Kier molecular flexibility index (Phi) is 3.63. The van der Waals surface area contributed by atoms with Crippen molar-refractivity contribution in [3.63, 3.8) is 0 Å². The molecule has 0 saturated carbocycles. The molecule has 0 radical (unpaired) electrons. The van der Waals surface area contributed by atoms with Crippen LogP contribution in [0.1, 0.15) is 11.9 Å². The molecule has 0 N–H and O–H groups in total. The number of ether oxygens (including phenoxy) is 4. The number of methoxy groups -OCH3 is 2. The summed E-state index contributed by atoms with van der Waals surface area (Å²) in [6, 6.07) is 2.83. The Balaban J connectivity index is 2.58. The number of benzene rings is 1. The van der Waals surface area contributed by atoms with Crippen molar-refractivity contribution >= 4 is 5.69 Å². The first-order valence-corrected chi connectivity index (χ1v) is 5.31. The third kappa shape index (κ3) is 2.09. The molecule has 0 spiro atoms. The third-order valence-corrected chi connectivity index (χ3v) is 2.62. The fourth-order valence-electron chi connectivity index (χ4n) is 1.85. The van der Waals surface area contributed by atoms with Gasteiger partial charge in [-0.15, -0.1) is 0 Å². The van der Waals surface area contributed by atoms with E-state index >= 15 is 0 Å². The lowest BCUT2D eigenvalue weighted by Crippen LogP contribution is -2.07. The van der Waals surface area contributed by atoms with Gasteiger partial charge in [0, 0.05) is 6.07 Å². The second-order valence-electron chi connectivity index (χ2n) is 3.56. The van der Waals surface area contributed by atoms with Gasteiger partial charge in [0.25, 0.3) is 5.69 Å². The van der Waals surface area contributed by atoms with Gasteiger partial charge in [0.2, 0.25) is 0 Å². The van der Waals surface area contributed by atoms with Gasteiger partial charge in [-0.1, -0.05) is 0 Å². The van der Waals surface area contributed by atoms with E-state index in [1.54, 1.807) is 0 Å². The predicted molar refractivity (Wildman–Crippen MR) is 60.8 cm³/mol. The van der Waals surface area contributed by atoms with Crippen LogP contribution in [0.4, 0.5) is 5.69 Å². The van der Waals surface area contributed by atoms with E-state index in [9.17, 15) is 10.1 Å². The first-order valence-electron chi connectivity index (χ1n) is 5.31.